The predicted molar refractivity (Wildman–Crippen MR) is 57.8 cm³/mol. The summed E-state index contributed by atoms with van der Waals surface area (Å²) in [6.45, 7) is 0. The summed E-state index contributed by atoms with van der Waals surface area (Å²) in [5, 5.41) is 18.8. The summed E-state index contributed by atoms with van der Waals surface area (Å²) in [5.74, 6) is -1.60. The summed E-state index contributed by atoms with van der Waals surface area (Å²) < 4.78 is 52.8. The van der Waals surface area contributed by atoms with Crippen LogP contribution in [0.3, 0.4) is 0 Å². The maximum atomic E-state index is 13.3. The van der Waals surface area contributed by atoms with Gasteiger partial charge < -0.3 is 14.9 Å². The standard InChI is InChI=1S/C10H9BrF4O3/c11-4-8(16)9(17)6-3-5(1-2-7(6)12)18-10(13,14)15/h1-3,8-9,16-17H,4H2. The van der Waals surface area contributed by atoms with Crippen molar-refractivity contribution in [2.75, 3.05) is 5.33 Å². The van der Waals surface area contributed by atoms with Gasteiger partial charge in [-0.2, -0.15) is 0 Å². The Labute approximate surface area is 108 Å². The fraction of sp³-hybridized carbons (Fsp3) is 0.400. The van der Waals surface area contributed by atoms with E-state index in [2.05, 4.69) is 20.7 Å². The van der Waals surface area contributed by atoms with Crippen LogP contribution in [0.5, 0.6) is 5.75 Å². The molecule has 0 aliphatic carbocycles. The molecule has 0 saturated heterocycles. The van der Waals surface area contributed by atoms with Gasteiger partial charge in [0.1, 0.15) is 17.7 Å². The van der Waals surface area contributed by atoms with Gasteiger partial charge >= 0.3 is 6.36 Å². The van der Waals surface area contributed by atoms with E-state index in [1.807, 2.05) is 0 Å². The second kappa shape index (κ2) is 5.85. The van der Waals surface area contributed by atoms with Crippen molar-refractivity contribution in [3.63, 3.8) is 0 Å². The van der Waals surface area contributed by atoms with Crippen LogP contribution in [0.2, 0.25) is 0 Å². The van der Waals surface area contributed by atoms with Crippen molar-refractivity contribution in [2.45, 2.75) is 18.6 Å². The molecule has 3 nitrogen and oxygen atoms in total. The maximum Gasteiger partial charge on any atom is 0.573 e. The number of aliphatic hydroxyl groups excluding tert-OH is 2. The number of benzene rings is 1. The highest BCUT2D eigenvalue weighted by atomic mass is 79.9. The molecule has 0 amide bonds. The molecule has 0 fully saturated rings. The van der Waals surface area contributed by atoms with E-state index in [1.54, 1.807) is 0 Å². The van der Waals surface area contributed by atoms with Gasteiger partial charge in [-0.3, -0.25) is 0 Å². The van der Waals surface area contributed by atoms with E-state index in [-0.39, 0.29) is 5.33 Å². The van der Waals surface area contributed by atoms with E-state index in [0.29, 0.717) is 6.07 Å². The average Bonchev–Trinajstić information content (AvgIpc) is 2.28. The second-order valence-corrected chi connectivity index (χ2v) is 4.05. The Bertz CT molecular complexity index is 411. The molecular weight excluding hydrogens is 324 g/mol. The minimum Gasteiger partial charge on any atom is -0.406 e. The van der Waals surface area contributed by atoms with Crippen molar-refractivity contribution in [3.05, 3.63) is 29.6 Å². The Morgan fingerprint density at radius 2 is 1.89 bits per heavy atom. The molecule has 1 aromatic rings. The lowest BCUT2D eigenvalue weighted by Crippen LogP contribution is -2.21. The van der Waals surface area contributed by atoms with Gasteiger partial charge in [0.15, 0.2) is 0 Å². The SMILES string of the molecule is OC(CBr)C(O)c1cc(OC(F)(F)F)ccc1F. The maximum absolute atomic E-state index is 13.3. The Balaban J connectivity index is 3.01. The molecule has 1 rings (SSSR count). The van der Waals surface area contributed by atoms with Gasteiger partial charge in [0, 0.05) is 10.9 Å². The number of rotatable bonds is 4. The number of aliphatic hydroxyl groups is 2. The number of hydrogen-bond acceptors (Lipinski definition) is 3. The summed E-state index contributed by atoms with van der Waals surface area (Å²) in [6, 6.07) is 2.19. The van der Waals surface area contributed by atoms with Crippen molar-refractivity contribution in [1.82, 2.24) is 0 Å². The lowest BCUT2D eigenvalue weighted by Gasteiger charge is -2.18. The predicted octanol–water partition coefficient (Wildman–Crippen LogP) is 2.51. The van der Waals surface area contributed by atoms with Gasteiger partial charge in [-0.15, -0.1) is 13.2 Å². The minimum absolute atomic E-state index is 0.0576. The Morgan fingerprint density at radius 3 is 2.39 bits per heavy atom. The van der Waals surface area contributed by atoms with Crippen LogP contribution in [0.4, 0.5) is 17.6 Å². The molecule has 0 radical (unpaired) electrons. The summed E-state index contributed by atoms with van der Waals surface area (Å²) in [6.07, 6.45) is -7.91. The number of halogens is 5. The third-order valence-electron chi connectivity index (χ3n) is 2.04. The second-order valence-electron chi connectivity index (χ2n) is 3.40. The molecule has 0 aliphatic heterocycles. The van der Waals surface area contributed by atoms with Crippen molar-refractivity contribution < 1.29 is 32.5 Å². The number of hydrogen-bond donors (Lipinski definition) is 2. The highest BCUT2D eigenvalue weighted by molar-refractivity contribution is 9.09. The van der Waals surface area contributed by atoms with Gasteiger partial charge in [-0.1, -0.05) is 15.9 Å². The van der Waals surface area contributed by atoms with Crippen LogP contribution >= 0.6 is 15.9 Å². The summed E-state index contributed by atoms with van der Waals surface area (Å²) in [7, 11) is 0. The van der Waals surface area contributed by atoms with E-state index in [0.717, 1.165) is 12.1 Å². The van der Waals surface area contributed by atoms with Crippen molar-refractivity contribution in [2.24, 2.45) is 0 Å². The zero-order valence-corrected chi connectivity index (χ0v) is 10.4. The lowest BCUT2D eigenvalue weighted by atomic mass is 10.0. The van der Waals surface area contributed by atoms with E-state index in [1.165, 1.54) is 0 Å². The smallest absolute Gasteiger partial charge is 0.406 e. The molecule has 8 heteroatoms. The monoisotopic (exact) mass is 332 g/mol. The molecule has 18 heavy (non-hydrogen) atoms. The Morgan fingerprint density at radius 1 is 1.28 bits per heavy atom. The first kappa shape index (κ1) is 15.2. The molecule has 0 heterocycles. The highest BCUT2D eigenvalue weighted by Gasteiger charge is 2.32. The zero-order valence-electron chi connectivity index (χ0n) is 8.79. The summed E-state index contributed by atoms with van der Waals surface area (Å²) in [5.41, 5.74) is -0.469. The van der Waals surface area contributed by atoms with Gasteiger partial charge in [-0.05, 0) is 18.2 Å². The molecule has 2 atom stereocenters. The first-order valence-corrected chi connectivity index (χ1v) is 5.84. The molecule has 0 aromatic heterocycles. The summed E-state index contributed by atoms with van der Waals surface area (Å²) in [4.78, 5) is 0. The van der Waals surface area contributed by atoms with Gasteiger partial charge in [0.2, 0.25) is 0 Å². The van der Waals surface area contributed by atoms with Gasteiger partial charge in [0.05, 0.1) is 6.10 Å². The molecule has 1 aromatic carbocycles. The highest BCUT2D eigenvalue weighted by Crippen LogP contribution is 2.28. The van der Waals surface area contributed by atoms with Crippen molar-refractivity contribution >= 4 is 15.9 Å². The first-order valence-electron chi connectivity index (χ1n) is 4.72. The van der Waals surface area contributed by atoms with E-state index in [4.69, 9.17) is 0 Å². The lowest BCUT2D eigenvalue weighted by molar-refractivity contribution is -0.274. The molecule has 0 bridgehead atoms. The van der Waals surface area contributed by atoms with Gasteiger partial charge in [-0.25, -0.2) is 4.39 Å². The largest absolute Gasteiger partial charge is 0.573 e. The third-order valence-corrected chi connectivity index (χ3v) is 2.71. The molecule has 2 N–H and O–H groups in total. The molecular formula is C10H9BrF4O3. The van der Waals surface area contributed by atoms with Crippen LogP contribution in [0.15, 0.2) is 18.2 Å². The molecule has 0 aliphatic rings. The Hall–Kier alpha value is -0.860. The van der Waals surface area contributed by atoms with Crippen LogP contribution in [-0.2, 0) is 0 Å². The molecule has 102 valence electrons. The quantitative estimate of drug-likeness (QED) is 0.658. The number of alkyl halides is 4. The van der Waals surface area contributed by atoms with Gasteiger partial charge in [0.25, 0.3) is 0 Å². The molecule has 0 spiro atoms. The first-order chi connectivity index (χ1) is 8.24. The average molecular weight is 333 g/mol. The topological polar surface area (TPSA) is 49.7 Å². The number of ether oxygens (including phenoxy) is 1. The molecule has 2 unspecified atom stereocenters. The van der Waals surface area contributed by atoms with E-state index >= 15 is 0 Å². The fourth-order valence-corrected chi connectivity index (χ4v) is 1.59. The third kappa shape index (κ3) is 4.11. The van der Waals surface area contributed by atoms with E-state index < -0.39 is 35.7 Å². The Kier molecular flexibility index (Phi) is 4.94. The normalized spacial score (nSPS) is 15.3. The van der Waals surface area contributed by atoms with E-state index in [9.17, 15) is 27.8 Å². The zero-order chi connectivity index (χ0) is 13.9. The van der Waals surface area contributed by atoms with Crippen LogP contribution in [0.25, 0.3) is 0 Å². The van der Waals surface area contributed by atoms with Crippen LogP contribution < -0.4 is 4.74 Å². The van der Waals surface area contributed by atoms with Crippen LogP contribution in [0.1, 0.15) is 11.7 Å². The van der Waals surface area contributed by atoms with Crippen LogP contribution in [-0.4, -0.2) is 28.0 Å². The van der Waals surface area contributed by atoms with Crippen LogP contribution in [0, 0.1) is 5.82 Å². The fourth-order valence-electron chi connectivity index (χ4n) is 1.24. The van der Waals surface area contributed by atoms with Crippen molar-refractivity contribution in [1.29, 1.82) is 0 Å². The molecule has 0 saturated carbocycles. The summed E-state index contributed by atoms with van der Waals surface area (Å²) >= 11 is 2.86. The minimum atomic E-state index is -4.91. The van der Waals surface area contributed by atoms with Crippen molar-refractivity contribution in [3.8, 4) is 5.75 Å².